The molecule has 1 aromatic heterocycles. The molecule has 62 heavy (non-hydrogen) atoms. The highest BCUT2D eigenvalue weighted by Gasteiger charge is 2.46. The second kappa shape index (κ2) is 17.8. The number of hydrogen-bond acceptors (Lipinski definition) is 14. The first kappa shape index (κ1) is 42.0. The fourth-order valence-corrected chi connectivity index (χ4v) is 9.91. The van der Waals surface area contributed by atoms with E-state index in [-0.39, 0.29) is 36.0 Å². The van der Waals surface area contributed by atoms with Crippen LogP contribution in [0.15, 0.2) is 41.7 Å². The first-order chi connectivity index (χ1) is 30.0. The summed E-state index contributed by atoms with van der Waals surface area (Å²) in [5, 5.41) is 11.1. The lowest BCUT2D eigenvalue weighted by molar-refractivity contribution is -0.136. The molecule has 3 N–H and O–H groups in total. The highest BCUT2D eigenvalue weighted by Crippen LogP contribution is 2.37. The third kappa shape index (κ3) is 8.44. The van der Waals surface area contributed by atoms with Crippen molar-refractivity contribution in [2.45, 2.75) is 63.2 Å². The summed E-state index contributed by atoms with van der Waals surface area (Å²) in [5.41, 5.74) is 4.10. The van der Waals surface area contributed by atoms with Gasteiger partial charge in [0, 0.05) is 84.3 Å². The fraction of sp³-hybridized carbons (Fsp3) is 0.595. The smallest absolute Gasteiger partial charge is 0.284 e. The average Bonchev–Trinajstić information content (AvgIpc) is 3.98. The van der Waals surface area contributed by atoms with Crippen LogP contribution >= 0.6 is 0 Å². The van der Waals surface area contributed by atoms with Gasteiger partial charge in [0.15, 0.2) is 5.69 Å². The summed E-state index contributed by atoms with van der Waals surface area (Å²) >= 11 is 0. The first-order valence-electron chi connectivity index (χ1n) is 21.8. The minimum absolute atomic E-state index is 0.0384. The Morgan fingerprint density at radius 1 is 0.984 bits per heavy atom. The van der Waals surface area contributed by atoms with Crippen LogP contribution in [0.1, 0.15) is 77.4 Å². The molecule has 7 aliphatic rings. The van der Waals surface area contributed by atoms with Crippen LogP contribution in [0.4, 0.5) is 20.2 Å². The van der Waals surface area contributed by atoms with Gasteiger partial charge in [0.25, 0.3) is 18.2 Å². The Labute approximate surface area is 358 Å². The van der Waals surface area contributed by atoms with Crippen LogP contribution in [0.5, 0.6) is 0 Å². The lowest BCUT2D eigenvalue weighted by Crippen LogP contribution is -2.54. The number of rotatable bonds is 11. The third-order valence-corrected chi connectivity index (χ3v) is 13.4. The monoisotopic (exact) mass is 860 g/mol. The number of piperidine rings is 1. The van der Waals surface area contributed by atoms with E-state index in [1.165, 1.54) is 0 Å². The third-order valence-electron chi connectivity index (χ3n) is 13.4. The normalized spacial score (nSPS) is 27.0. The second-order valence-corrected chi connectivity index (χ2v) is 17.3. The molecular formula is C42H54F2N12O6. The second-order valence-electron chi connectivity index (χ2n) is 17.3. The SMILES string of the molecule is CN(CCN1CCN(c2cccc3c2C(=O)N(C2CCC(=O)NC2=O)C3=O)CC1)C[C@H]1CC[C@H](n2cc(NC(=O)C3CNN4C=CC(N5CCOCC5)=NC34)c(C(F)F)n2)CC1. The number of nitrogens with zero attached hydrogens (tertiary/aromatic N) is 9. The van der Waals surface area contributed by atoms with E-state index in [0.29, 0.717) is 63.1 Å². The summed E-state index contributed by atoms with van der Waals surface area (Å²) in [4.78, 5) is 79.6. The van der Waals surface area contributed by atoms with Gasteiger partial charge in [0.1, 0.15) is 18.0 Å². The number of piperazine rings is 1. The predicted octanol–water partition coefficient (Wildman–Crippen LogP) is 1.67. The molecule has 4 saturated heterocycles. The van der Waals surface area contributed by atoms with Crippen LogP contribution < -0.4 is 21.0 Å². The summed E-state index contributed by atoms with van der Waals surface area (Å²) in [7, 11) is 2.13. The number of anilines is 2. The number of benzene rings is 1. The summed E-state index contributed by atoms with van der Waals surface area (Å²) in [6, 6.07) is 4.20. The van der Waals surface area contributed by atoms with Crippen molar-refractivity contribution >= 4 is 46.7 Å². The van der Waals surface area contributed by atoms with Gasteiger partial charge in [-0.1, -0.05) is 6.07 Å². The number of halogens is 2. The molecule has 1 aliphatic carbocycles. The Morgan fingerprint density at radius 3 is 2.50 bits per heavy atom. The number of likely N-dealkylation sites (N-methyl/N-ethyl adjacent to an activating group) is 1. The zero-order valence-electron chi connectivity index (χ0n) is 34.9. The van der Waals surface area contributed by atoms with Gasteiger partial charge in [0.05, 0.1) is 47.7 Å². The van der Waals surface area contributed by atoms with Crippen LogP contribution in [0.3, 0.4) is 0 Å². The van der Waals surface area contributed by atoms with E-state index in [2.05, 4.69) is 47.8 Å². The molecule has 7 heterocycles. The Bertz CT molecular complexity index is 2130. The van der Waals surface area contributed by atoms with Gasteiger partial charge in [-0.25, -0.2) is 19.2 Å². The summed E-state index contributed by atoms with van der Waals surface area (Å²) < 4.78 is 35.7. The minimum Gasteiger partial charge on any atom is -0.378 e. The van der Waals surface area contributed by atoms with E-state index in [1.54, 1.807) is 28.0 Å². The van der Waals surface area contributed by atoms with Gasteiger partial charge >= 0.3 is 0 Å². The van der Waals surface area contributed by atoms with Gasteiger partial charge in [0.2, 0.25) is 17.7 Å². The fourth-order valence-electron chi connectivity index (χ4n) is 9.91. The maximum absolute atomic E-state index is 14.3. The number of ether oxygens (including phenoxy) is 1. The summed E-state index contributed by atoms with van der Waals surface area (Å²) in [6.07, 6.45) is 5.67. The molecule has 1 aromatic carbocycles. The number of morpholine rings is 1. The van der Waals surface area contributed by atoms with E-state index in [4.69, 9.17) is 9.73 Å². The molecular weight excluding hydrogens is 807 g/mol. The van der Waals surface area contributed by atoms with Crippen LogP contribution in [0, 0.1) is 11.8 Å². The Balaban J connectivity index is 0.731. The van der Waals surface area contributed by atoms with Crippen molar-refractivity contribution in [3.63, 3.8) is 0 Å². The van der Waals surface area contributed by atoms with E-state index in [0.717, 1.165) is 69.1 Å². The number of amidine groups is 1. The van der Waals surface area contributed by atoms with Crippen LogP contribution in [-0.2, 0) is 19.1 Å². The average molecular weight is 861 g/mol. The van der Waals surface area contributed by atoms with Crippen molar-refractivity contribution < 1.29 is 37.5 Å². The number of aromatic nitrogens is 2. The van der Waals surface area contributed by atoms with Gasteiger partial charge in [-0.05, 0) is 63.3 Å². The number of carbonyl (C=O) groups is 5. The highest BCUT2D eigenvalue weighted by molar-refractivity contribution is 6.25. The number of nitrogens with one attached hydrogen (secondary N) is 3. The minimum atomic E-state index is -2.84. The molecule has 5 fully saturated rings. The molecule has 1 saturated carbocycles. The highest BCUT2D eigenvalue weighted by atomic mass is 19.3. The molecule has 3 atom stereocenters. The van der Waals surface area contributed by atoms with Gasteiger partial charge in [-0.15, -0.1) is 0 Å². The van der Waals surface area contributed by atoms with Crippen molar-refractivity contribution in [2.24, 2.45) is 16.8 Å². The van der Waals surface area contributed by atoms with Gasteiger partial charge < -0.3 is 24.8 Å². The summed E-state index contributed by atoms with van der Waals surface area (Å²) in [5.74, 6) is -1.75. The maximum Gasteiger partial charge on any atom is 0.284 e. The lowest BCUT2D eigenvalue weighted by Gasteiger charge is -2.38. The lowest BCUT2D eigenvalue weighted by atomic mass is 9.86. The predicted molar refractivity (Wildman–Crippen MR) is 222 cm³/mol. The number of amides is 5. The molecule has 5 amide bonds. The van der Waals surface area contributed by atoms with E-state index in [1.807, 2.05) is 18.3 Å². The van der Waals surface area contributed by atoms with Gasteiger partial charge in [-0.3, -0.25) is 48.8 Å². The van der Waals surface area contributed by atoms with Gasteiger partial charge in [-0.2, -0.15) is 5.10 Å². The number of imide groups is 2. The number of aliphatic imine (C=N–C) groups is 1. The number of carbonyl (C=O) groups excluding carboxylic acids is 5. The van der Waals surface area contributed by atoms with E-state index >= 15 is 0 Å². The zero-order chi connectivity index (χ0) is 43.1. The topological polar surface area (TPSA) is 180 Å². The standard InChI is InChI=1S/C42H54F2N12O6/c1-50(13-14-51-15-17-52(18-16-51)31-4-2-3-28-35(31)42(61)56(41(28)60)32-9-10-34(57)48-40(32)59)24-26-5-7-27(8-6-26)55-25-30(36(49-55)37(43)44)46-39(58)29-23-45-54-12-11-33(47-38(29)54)53-19-21-62-22-20-53/h2-4,11-12,25-27,29,32,37-38,45H,5-10,13-24H2,1H3,(H,46,58)(H,48,57,59)/t26-,27-,29?,32?,38?. The first-order valence-corrected chi connectivity index (χ1v) is 21.8. The number of hydrogen-bond donors (Lipinski definition) is 3. The van der Waals surface area contributed by atoms with Crippen molar-refractivity contribution in [1.82, 2.24) is 45.1 Å². The van der Waals surface area contributed by atoms with Crippen LogP contribution in [0.2, 0.25) is 0 Å². The molecule has 9 rings (SSSR count). The molecule has 2 aromatic rings. The number of fused-ring (bicyclic) bond motifs is 2. The Hall–Kier alpha value is -5.31. The molecule has 0 radical (unpaired) electrons. The van der Waals surface area contributed by atoms with E-state index < -0.39 is 53.9 Å². The van der Waals surface area contributed by atoms with E-state index in [9.17, 15) is 32.8 Å². The van der Waals surface area contributed by atoms with Crippen LogP contribution in [0.25, 0.3) is 0 Å². The Morgan fingerprint density at radius 2 is 1.76 bits per heavy atom. The molecule has 20 heteroatoms. The molecule has 0 bridgehead atoms. The quantitative estimate of drug-likeness (QED) is 0.278. The van der Waals surface area contributed by atoms with Crippen molar-refractivity contribution in [2.75, 3.05) is 95.9 Å². The van der Waals surface area contributed by atoms with Crippen molar-refractivity contribution in [1.29, 1.82) is 0 Å². The Kier molecular flexibility index (Phi) is 12.1. The number of alkyl halides is 2. The zero-order valence-corrected chi connectivity index (χ0v) is 34.9. The van der Waals surface area contributed by atoms with Crippen LogP contribution in [-0.4, -0.2) is 168 Å². The molecule has 332 valence electrons. The largest absolute Gasteiger partial charge is 0.378 e. The number of hydrazine groups is 1. The van der Waals surface area contributed by atoms with Crippen molar-refractivity contribution in [3.8, 4) is 0 Å². The molecule has 3 unspecified atom stereocenters. The molecule has 0 spiro atoms. The maximum atomic E-state index is 14.3. The molecule has 6 aliphatic heterocycles. The summed E-state index contributed by atoms with van der Waals surface area (Å²) in [6.45, 7) is 8.56. The molecule has 18 nitrogen and oxygen atoms in total. The van der Waals surface area contributed by atoms with Crippen molar-refractivity contribution in [3.05, 3.63) is 53.5 Å².